The molecule has 9 heteroatoms. The number of carbonyl (C=O) groups excluding carboxylic acids is 1. The maximum Gasteiger partial charge on any atom is 0.266 e. The topological polar surface area (TPSA) is 85.6 Å². The van der Waals surface area contributed by atoms with E-state index in [1.54, 1.807) is 67.6 Å². The van der Waals surface area contributed by atoms with Crippen LogP contribution in [0.3, 0.4) is 0 Å². The molecule has 0 fully saturated rings. The van der Waals surface area contributed by atoms with E-state index in [-0.39, 0.29) is 17.2 Å². The van der Waals surface area contributed by atoms with Crippen molar-refractivity contribution in [1.29, 1.82) is 0 Å². The van der Waals surface area contributed by atoms with Crippen LogP contribution >= 0.6 is 23.5 Å². The largest absolute Gasteiger partial charge is 0.497 e. The normalized spacial score (nSPS) is 11.1. The molecule has 3 aromatic carbocycles. The molecule has 0 aliphatic heterocycles. The summed E-state index contributed by atoms with van der Waals surface area (Å²) in [5.41, 5.74) is 4.42. The van der Waals surface area contributed by atoms with Crippen LogP contribution in [0, 0.1) is 0 Å². The van der Waals surface area contributed by atoms with Crippen molar-refractivity contribution in [2.45, 2.75) is 10.1 Å². The molecule has 172 valence electrons. The fourth-order valence-electron chi connectivity index (χ4n) is 3.20. The van der Waals surface area contributed by atoms with Crippen LogP contribution < -0.4 is 15.7 Å². The van der Waals surface area contributed by atoms with Gasteiger partial charge in [-0.3, -0.25) is 14.2 Å². The number of carbonyl (C=O) groups is 1. The number of rotatable bonds is 8. The van der Waals surface area contributed by atoms with Gasteiger partial charge in [0.1, 0.15) is 5.75 Å². The maximum atomic E-state index is 13.3. The van der Waals surface area contributed by atoms with Gasteiger partial charge < -0.3 is 4.74 Å². The lowest BCUT2D eigenvalue weighted by atomic mass is 10.2. The van der Waals surface area contributed by atoms with Crippen LogP contribution in [0.4, 0.5) is 0 Å². The van der Waals surface area contributed by atoms with E-state index in [0.717, 1.165) is 10.5 Å². The van der Waals surface area contributed by atoms with E-state index in [1.165, 1.54) is 16.3 Å². The minimum atomic E-state index is -0.300. The second kappa shape index (κ2) is 11.0. The smallest absolute Gasteiger partial charge is 0.266 e. The molecule has 1 aromatic heterocycles. The van der Waals surface area contributed by atoms with Crippen molar-refractivity contribution in [3.63, 3.8) is 0 Å². The third-order valence-corrected chi connectivity index (χ3v) is 6.61. The second-order valence-corrected chi connectivity index (χ2v) is 8.93. The van der Waals surface area contributed by atoms with Gasteiger partial charge in [0.25, 0.3) is 11.5 Å². The average Bonchev–Trinajstić information content (AvgIpc) is 2.88. The van der Waals surface area contributed by atoms with E-state index in [4.69, 9.17) is 4.74 Å². The number of benzene rings is 3. The highest BCUT2D eigenvalue weighted by molar-refractivity contribution is 7.99. The summed E-state index contributed by atoms with van der Waals surface area (Å²) >= 11 is 2.83. The summed E-state index contributed by atoms with van der Waals surface area (Å²) in [5, 5.41) is 4.95. The SMILES string of the molecule is COc1ccc(-n2c(SCC(=O)NN=Cc3ccc(SC)cc3)nc3ccccc3c2=O)cc1. The third kappa shape index (κ3) is 5.49. The van der Waals surface area contributed by atoms with E-state index >= 15 is 0 Å². The zero-order valence-corrected chi connectivity index (χ0v) is 20.2. The predicted octanol–water partition coefficient (Wildman–Crippen LogP) is 4.36. The molecule has 0 aliphatic rings. The fourth-order valence-corrected chi connectivity index (χ4v) is 4.41. The van der Waals surface area contributed by atoms with Gasteiger partial charge in [0.05, 0.1) is 35.7 Å². The van der Waals surface area contributed by atoms with Gasteiger partial charge in [-0.1, -0.05) is 36.0 Å². The molecule has 34 heavy (non-hydrogen) atoms. The van der Waals surface area contributed by atoms with Crippen molar-refractivity contribution in [3.8, 4) is 11.4 Å². The predicted molar refractivity (Wildman–Crippen MR) is 139 cm³/mol. The number of para-hydroxylation sites is 1. The molecule has 0 saturated heterocycles. The highest BCUT2D eigenvalue weighted by Crippen LogP contribution is 2.22. The summed E-state index contributed by atoms with van der Waals surface area (Å²) in [4.78, 5) is 31.5. The Bertz CT molecular complexity index is 1380. The number of amides is 1. The van der Waals surface area contributed by atoms with Crippen molar-refractivity contribution in [2.24, 2.45) is 5.10 Å². The number of ether oxygens (including phenoxy) is 1. The third-order valence-electron chi connectivity index (χ3n) is 4.93. The van der Waals surface area contributed by atoms with Crippen LogP contribution in [0.15, 0.2) is 92.7 Å². The van der Waals surface area contributed by atoms with Gasteiger partial charge in [-0.15, -0.1) is 11.8 Å². The molecule has 0 radical (unpaired) electrons. The van der Waals surface area contributed by atoms with E-state index in [2.05, 4.69) is 15.5 Å². The molecule has 1 N–H and O–H groups in total. The van der Waals surface area contributed by atoms with Gasteiger partial charge in [0.2, 0.25) is 0 Å². The molecule has 1 amide bonds. The lowest BCUT2D eigenvalue weighted by molar-refractivity contribution is -0.118. The molecular weight excluding hydrogens is 468 g/mol. The van der Waals surface area contributed by atoms with Gasteiger partial charge in [0.15, 0.2) is 5.16 Å². The molecule has 7 nitrogen and oxygen atoms in total. The molecule has 4 rings (SSSR count). The van der Waals surface area contributed by atoms with Crippen LogP contribution in [0.5, 0.6) is 5.75 Å². The molecule has 0 bridgehead atoms. The highest BCUT2D eigenvalue weighted by atomic mass is 32.2. The molecule has 4 aromatic rings. The first kappa shape index (κ1) is 23.6. The van der Waals surface area contributed by atoms with Crippen molar-refractivity contribution >= 4 is 46.5 Å². The van der Waals surface area contributed by atoms with Gasteiger partial charge in [0, 0.05) is 4.90 Å². The Balaban J connectivity index is 1.53. The quantitative estimate of drug-likeness (QED) is 0.171. The highest BCUT2D eigenvalue weighted by Gasteiger charge is 2.15. The first-order valence-electron chi connectivity index (χ1n) is 10.3. The van der Waals surface area contributed by atoms with Gasteiger partial charge >= 0.3 is 0 Å². The van der Waals surface area contributed by atoms with Crippen LogP contribution in [0.2, 0.25) is 0 Å². The summed E-state index contributed by atoms with van der Waals surface area (Å²) in [6.07, 6.45) is 3.60. The number of nitrogens with zero attached hydrogens (tertiary/aromatic N) is 3. The zero-order valence-electron chi connectivity index (χ0n) is 18.6. The number of hydrogen-bond acceptors (Lipinski definition) is 7. The summed E-state index contributed by atoms with van der Waals surface area (Å²) in [6, 6.07) is 22.1. The number of fused-ring (bicyclic) bond motifs is 1. The van der Waals surface area contributed by atoms with Gasteiger partial charge in [-0.2, -0.15) is 5.10 Å². The molecule has 0 unspecified atom stereocenters. The Hall–Kier alpha value is -3.56. The Morgan fingerprint density at radius 1 is 1.09 bits per heavy atom. The number of methoxy groups -OCH3 is 1. The minimum absolute atomic E-state index is 0.0453. The van der Waals surface area contributed by atoms with E-state index in [1.807, 2.05) is 36.6 Å². The Morgan fingerprint density at radius 2 is 1.82 bits per heavy atom. The average molecular weight is 491 g/mol. The van der Waals surface area contributed by atoms with Gasteiger partial charge in [-0.25, -0.2) is 10.4 Å². The lowest BCUT2D eigenvalue weighted by Crippen LogP contribution is -2.24. The van der Waals surface area contributed by atoms with Gasteiger partial charge in [-0.05, 0) is 60.4 Å². The molecule has 0 atom stereocenters. The molecular formula is C25H22N4O3S2. The molecule has 0 saturated carbocycles. The summed E-state index contributed by atoms with van der Waals surface area (Å²) < 4.78 is 6.73. The minimum Gasteiger partial charge on any atom is -0.497 e. The van der Waals surface area contributed by atoms with Crippen LogP contribution in [0.25, 0.3) is 16.6 Å². The molecule has 0 aliphatic carbocycles. The van der Waals surface area contributed by atoms with Crippen molar-refractivity contribution < 1.29 is 9.53 Å². The summed E-state index contributed by atoms with van der Waals surface area (Å²) in [7, 11) is 1.58. The van der Waals surface area contributed by atoms with E-state index in [0.29, 0.717) is 27.5 Å². The number of nitrogens with one attached hydrogen (secondary N) is 1. The van der Waals surface area contributed by atoms with Crippen molar-refractivity contribution in [2.75, 3.05) is 19.1 Å². The van der Waals surface area contributed by atoms with Crippen molar-refractivity contribution in [1.82, 2.24) is 15.0 Å². The number of hydrogen-bond donors (Lipinski definition) is 1. The Kier molecular flexibility index (Phi) is 7.66. The summed E-state index contributed by atoms with van der Waals surface area (Å²) in [6.45, 7) is 0. The van der Waals surface area contributed by atoms with Crippen LogP contribution in [-0.4, -0.2) is 40.8 Å². The monoisotopic (exact) mass is 490 g/mol. The number of aromatic nitrogens is 2. The second-order valence-electron chi connectivity index (χ2n) is 7.11. The summed E-state index contributed by atoms with van der Waals surface area (Å²) in [5.74, 6) is 0.426. The Morgan fingerprint density at radius 3 is 2.53 bits per heavy atom. The molecule has 1 heterocycles. The number of thioether (sulfide) groups is 2. The first-order chi connectivity index (χ1) is 16.6. The van der Waals surface area contributed by atoms with Crippen molar-refractivity contribution in [3.05, 3.63) is 88.7 Å². The molecule has 0 spiro atoms. The van der Waals surface area contributed by atoms with Crippen LogP contribution in [0.1, 0.15) is 5.56 Å². The Labute approximate surface area is 205 Å². The fraction of sp³-hybridized carbons (Fsp3) is 0.120. The number of hydrazone groups is 1. The van der Waals surface area contributed by atoms with E-state index < -0.39 is 0 Å². The lowest BCUT2D eigenvalue weighted by Gasteiger charge is -2.13. The zero-order chi connectivity index (χ0) is 23.9. The standard InChI is InChI=1S/C25H22N4O3S2/c1-32-19-11-9-18(10-12-19)29-24(31)21-5-3-4-6-22(21)27-25(29)34-16-23(30)28-26-15-17-7-13-20(33-2)14-8-17/h3-15H,16H2,1-2H3,(H,28,30). The van der Waals surface area contributed by atoms with Crippen LogP contribution in [-0.2, 0) is 4.79 Å². The first-order valence-corrected chi connectivity index (χ1v) is 12.5. The van der Waals surface area contributed by atoms with E-state index in [9.17, 15) is 9.59 Å². The maximum absolute atomic E-state index is 13.3.